The van der Waals surface area contributed by atoms with Crippen LogP contribution in [0.25, 0.3) is 11.3 Å². The number of aromatic nitrogens is 1. The van der Waals surface area contributed by atoms with E-state index in [4.69, 9.17) is 16.7 Å². The summed E-state index contributed by atoms with van der Waals surface area (Å²) in [7, 11) is 0. The third-order valence-electron chi connectivity index (χ3n) is 2.27. The van der Waals surface area contributed by atoms with E-state index < -0.39 is 5.97 Å². The van der Waals surface area contributed by atoms with Gasteiger partial charge in [0.1, 0.15) is 0 Å². The highest BCUT2D eigenvalue weighted by Crippen LogP contribution is 2.26. The Kier molecular flexibility index (Phi) is 2.97. The molecular formula is C12H8ClNO3. The SMILES string of the molecule is O=C(O)c1ccc(-c2cccc(=O)[nH]2)c(Cl)c1. The number of pyridine rings is 1. The first-order chi connectivity index (χ1) is 8.08. The molecule has 0 spiro atoms. The van der Waals surface area contributed by atoms with Crippen LogP contribution in [0.15, 0.2) is 41.2 Å². The van der Waals surface area contributed by atoms with Crippen molar-refractivity contribution in [3.8, 4) is 11.3 Å². The average Bonchev–Trinajstić information content (AvgIpc) is 2.28. The smallest absolute Gasteiger partial charge is 0.335 e. The molecule has 0 unspecified atom stereocenters. The molecule has 86 valence electrons. The second-order valence-corrected chi connectivity index (χ2v) is 3.84. The molecule has 0 aliphatic rings. The van der Waals surface area contributed by atoms with Gasteiger partial charge >= 0.3 is 5.97 Å². The lowest BCUT2D eigenvalue weighted by molar-refractivity contribution is 0.0697. The first-order valence-corrected chi connectivity index (χ1v) is 5.18. The predicted molar refractivity (Wildman–Crippen MR) is 64.5 cm³/mol. The van der Waals surface area contributed by atoms with Gasteiger partial charge in [0.05, 0.1) is 10.6 Å². The zero-order valence-corrected chi connectivity index (χ0v) is 9.36. The van der Waals surface area contributed by atoms with E-state index in [2.05, 4.69) is 4.98 Å². The molecule has 0 saturated carbocycles. The zero-order valence-electron chi connectivity index (χ0n) is 8.61. The molecule has 0 amide bonds. The molecule has 5 heteroatoms. The predicted octanol–water partition coefficient (Wildman–Crippen LogP) is 2.39. The summed E-state index contributed by atoms with van der Waals surface area (Å²) in [6, 6.07) is 9.05. The maximum absolute atomic E-state index is 11.2. The minimum Gasteiger partial charge on any atom is -0.478 e. The van der Waals surface area contributed by atoms with E-state index in [1.54, 1.807) is 18.2 Å². The molecule has 0 bridgehead atoms. The van der Waals surface area contributed by atoms with E-state index in [9.17, 15) is 9.59 Å². The van der Waals surface area contributed by atoms with Crippen molar-refractivity contribution in [3.63, 3.8) is 0 Å². The van der Waals surface area contributed by atoms with Crippen molar-refractivity contribution in [2.24, 2.45) is 0 Å². The number of hydrogen-bond donors (Lipinski definition) is 2. The minimum absolute atomic E-state index is 0.108. The van der Waals surface area contributed by atoms with Gasteiger partial charge < -0.3 is 10.1 Å². The summed E-state index contributed by atoms with van der Waals surface area (Å²) >= 11 is 5.97. The van der Waals surface area contributed by atoms with E-state index in [-0.39, 0.29) is 16.1 Å². The number of aromatic amines is 1. The quantitative estimate of drug-likeness (QED) is 0.859. The van der Waals surface area contributed by atoms with Gasteiger partial charge in [-0.05, 0) is 18.2 Å². The van der Waals surface area contributed by atoms with Crippen LogP contribution in [-0.2, 0) is 0 Å². The van der Waals surface area contributed by atoms with E-state index in [1.165, 1.54) is 18.2 Å². The largest absolute Gasteiger partial charge is 0.478 e. The maximum Gasteiger partial charge on any atom is 0.335 e. The van der Waals surface area contributed by atoms with Crippen LogP contribution in [-0.4, -0.2) is 16.1 Å². The van der Waals surface area contributed by atoms with Crippen LogP contribution < -0.4 is 5.56 Å². The Morgan fingerprint density at radius 1 is 1.24 bits per heavy atom. The molecule has 1 aromatic heterocycles. The van der Waals surface area contributed by atoms with E-state index >= 15 is 0 Å². The highest BCUT2D eigenvalue weighted by molar-refractivity contribution is 6.33. The Labute approximate surface area is 101 Å². The van der Waals surface area contributed by atoms with Crippen LogP contribution in [0.5, 0.6) is 0 Å². The van der Waals surface area contributed by atoms with E-state index in [0.29, 0.717) is 11.3 Å². The van der Waals surface area contributed by atoms with Crippen LogP contribution in [0, 0.1) is 0 Å². The summed E-state index contributed by atoms with van der Waals surface area (Å²) < 4.78 is 0. The number of carboxylic acid groups (broad SMARTS) is 1. The molecule has 0 atom stereocenters. The minimum atomic E-state index is -1.04. The number of carboxylic acids is 1. The van der Waals surface area contributed by atoms with Gasteiger partial charge in [0.2, 0.25) is 5.56 Å². The lowest BCUT2D eigenvalue weighted by Crippen LogP contribution is -2.04. The second-order valence-electron chi connectivity index (χ2n) is 3.43. The summed E-state index contributed by atoms with van der Waals surface area (Å²) in [5.41, 5.74) is 1.02. The first kappa shape index (κ1) is 11.4. The standard InChI is InChI=1S/C12H8ClNO3/c13-9-6-7(12(16)17)4-5-8(9)10-2-1-3-11(15)14-10/h1-6H,(H,14,15)(H,16,17). The van der Waals surface area contributed by atoms with E-state index in [1.807, 2.05) is 0 Å². The van der Waals surface area contributed by atoms with Gasteiger partial charge in [0, 0.05) is 17.3 Å². The van der Waals surface area contributed by atoms with Gasteiger partial charge in [-0.15, -0.1) is 0 Å². The lowest BCUT2D eigenvalue weighted by Gasteiger charge is -2.04. The summed E-state index contributed by atoms with van der Waals surface area (Å²) in [5.74, 6) is -1.04. The first-order valence-electron chi connectivity index (χ1n) is 4.80. The van der Waals surface area contributed by atoms with Crippen molar-refractivity contribution in [1.82, 2.24) is 4.98 Å². The Bertz CT molecular complexity index is 634. The molecule has 1 heterocycles. The van der Waals surface area contributed by atoms with Gasteiger partial charge in [-0.2, -0.15) is 0 Å². The highest BCUT2D eigenvalue weighted by Gasteiger charge is 2.08. The van der Waals surface area contributed by atoms with Crippen LogP contribution in [0.2, 0.25) is 5.02 Å². The molecule has 0 aliphatic carbocycles. The highest BCUT2D eigenvalue weighted by atomic mass is 35.5. The number of H-pyrrole nitrogens is 1. The molecule has 1 aromatic carbocycles. The number of benzene rings is 1. The zero-order chi connectivity index (χ0) is 12.4. The number of halogens is 1. The Morgan fingerprint density at radius 3 is 2.59 bits per heavy atom. The number of nitrogens with one attached hydrogen (secondary N) is 1. The van der Waals surface area contributed by atoms with Crippen LogP contribution in [0.4, 0.5) is 0 Å². The summed E-state index contributed by atoms with van der Waals surface area (Å²) in [6.45, 7) is 0. The van der Waals surface area contributed by atoms with Crippen molar-refractivity contribution in [2.45, 2.75) is 0 Å². The van der Waals surface area contributed by atoms with Crippen molar-refractivity contribution < 1.29 is 9.90 Å². The van der Waals surface area contributed by atoms with Gasteiger partial charge in [-0.1, -0.05) is 23.7 Å². The molecular weight excluding hydrogens is 242 g/mol. The Balaban J connectivity index is 2.54. The lowest BCUT2D eigenvalue weighted by atomic mass is 10.1. The average molecular weight is 250 g/mol. The third-order valence-corrected chi connectivity index (χ3v) is 2.59. The second kappa shape index (κ2) is 4.43. The number of hydrogen-bond acceptors (Lipinski definition) is 2. The van der Waals surface area contributed by atoms with Crippen molar-refractivity contribution in [2.75, 3.05) is 0 Å². The fourth-order valence-electron chi connectivity index (χ4n) is 1.47. The van der Waals surface area contributed by atoms with Gasteiger partial charge in [-0.25, -0.2) is 4.79 Å². The topological polar surface area (TPSA) is 70.2 Å². The van der Waals surface area contributed by atoms with Crippen LogP contribution >= 0.6 is 11.6 Å². The molecule has 0 saturated heterocycles. The van der Waals surface area contributed by atoms with Gasteiger partial charge in [-0.3, -0.25) is 4.79 Å². The van der Waals surface area contributed by atoms with Crippen molar-refractivity contribution >= 4 is 17.6 Å². The molecule has 2 aromatic rings. The molecule has 4 nitrogen and oxygen atoms in total. The number of carbonyl (C=O) groups is 1. The molecule has 2 N–H and O–H groups in total. The Morgan fingerprint density at radius 2 is 2.00 bits per heavy atom. The molecule has 0 fully saturated rings. The fraction of sp³-hybridized carbons (Fsp3) is 0. The maximum atomic E-state index is 11.2. The normalized spacial score (nSPS) is 10.2. The summed E-state index contributed by atoms with van der Waals surface area (Å²) in [4.78, 5) is 24.5. The monoisotopic (exact) mass is 249 g/mol. The summed E-state index contributed by atoms with van der Waals surface area (Å²) in [5, 5.41) is 9.08. The Hall–Kier alpha value is -2.07. The molecule has 17 heavy (non-hydrogen) atoms. The fourth-order valence-corrected chi connectivity index (χ4v) is 1.75. The van der Waals surface area contributed by atoms with Crippen molar-refractivity contribution in [1.29, 1.82) is 0 Å². The molecule has 2 rings (SSSR count). The molecule has 0 aliphatic heterocycles. The summed E-state index contributed by atoms with van der Waals surface area (Å²) in [6.07, 6.45) is 0. The van der Waals surface area contributed by atoms with Crippen LogP contribution in [0.3, 0.4) is 0 Å². The third kappa shape index (κ3) is 2.37. The van der Waals surface area contributed by atoms with Gasteiger partial charge in [0.25, 0.3) is 0 Å². The number of rotatable bonds is 2. The van der Waals surface area contributed by atoms with Gasteiger partial charge in [0.15, 0.2) is 0 Å². The number of aromatic carboxylic acids is 1. The molecule has 0 radical (unpaired) electrons. The van der Waals surface area contributed by atoms with Crippen molar-refractivity contribution in [3.05, 3.63) is 57.3 Å². The van der Waals surface area contributed by atoms with E-state index in [0.717, 1.165) is 0 Å². The van der Waals surface area contributed by atoms with Crippen LogP contribution in [0.1, 0.15) is 10.4 Å².